The summed E-state index contributed by atoms with van der Waals surface area (Å²) in [6.45, 7) is 5.72. The quantitative estimate of drug-likeness (QED) is 0.195. The summed E-state index contributed by atoms with van der Waals surface area (Å²) in [4.78, 5) is 0. The smallest absolute Gasteiger partial charge is 0.140 e. The van der Waals surface area contributed by atoms with Gasteiger partial charge in [0.15, 0.2) is 0 Å². The first-order valence-corrected chi connectivity index (χ1v) is 4.13. The van der Waals surface area contributed by atoms with Crippen LogP contribution in [0.25, 0.3) is 0 Å². The van der Waals surface area contributed by atoms with Crippen molar-refractivity contribution in [2.24, 2.45) is 10.9 Å². The van der Waals surface area contributed by atoms with Crippen molar-refractivity contribution in [2.45, 2.75) is 38.8 Å². The normalized spacial score (nSPS) is 15.1. The molecule has 0 radical (unpaired) electrons. The van der Waals surface area contributed by atoms with Gasteiger partial charge in [-0.1, -0.05) is 11.1 Å². The van der Waals surface area contributed by atoms with Gasteiger partial charge in [-0.15, -0.1) is 6.42 Å². The zero-order chi connectivity index (χ0) is 10.5. The van der Waals surface area contributed by atoms with Gasteiger partial charge in [-0.05, 0) is 20.8 Å². The summed E-state index contributed by atoms with van der Waals surface area (Å²) in [5.74, 6) is 2.81. The molecule has 0 aromatic heterocycles. The van der Waals surface area contributed by atoms with E-state index in [0.717, 1.165) is 0 Å². The Morgan fingerprint density at radius 2 is 2.31 bits per heavy atom. The van der Waals surface area contributed by atoms with Crippen molar-refractivity contribution >= 4 is 5.84 Å². The molecule has 0 aromatic carbocycles. The Kier molecular flexibility index (Phi) is 4.29. The third kappa shape index (κ3) is 5.10. The number of nitrogens with one attached hydrogen (secondary N) is 1. The molecule has 4 N–H and O–H groups in total. The lowest BCUT2D eigenvalue weighted by Crippen LogP contribution is -2.45. The summed E-state index contributed by atoms with van der Waals surface area (Å²) in [7, 11) is 0. The van der Waals surface area contributed by atoms with Crippen LogP contribution >= 0.6 is 0 Å². The van der Waals surface area contributed by atoms with Gasteiger partial charge in [0.25, 0.3) is 0 Å². The Balaban J connectivity index is 4.03. The predicted octanol–water partition coefficient (Wildman–Crippen LogP) is 0.513. The molecule has 0 rings (SSSR count). The standard InChI is InChI=1S/C9H17N3O/c1-5-9(3,4)11-7(2)6-8(10)12-13/h1,7,11,13H,6H2,2-4H3,(H2,10,12). The van der Waals surface area contributed by atoms with Gasteiger partial charge in [0, 0.05) is 12.5 Å². The first-order chi connectivity index (χ1) is 5.91. The number of nitrogens with two attached hydrogens (primary N) is 1. The minimum Gasteiger partial charge on any atom is -0.409 e. The second-order valence-electron chi connectivity index (χ2n) is 3.61. The fourth-order valence-corrected chi connectivity index (χ4v) is 1.06. The molecule has 4 nitrogen and oxygen atoms in total. The van der Waals surface area contributed by atoms with E-state index in [1.807, 2.05) is 20.8 Å². The highest BCUT2D eigenvalue weighted by Crippen LogP contribution is 2.03. The molecule has 13 heavy (non-hydrogen) atoms. The first kappa shape index (κ1) is 11.8. The molecule has 0 aliphatic heterocycles. The van der Waals surface area contributed by atoms with Gasteiger partial charge >= 0.3 is 0 Å². The molecule has 0 saturated heterocycles. The summed E-state index contributed by atoms with van der Waals surface area (Å²) in [5, 5.41) is 14.4. The molecule has 4 heteroatoms. The van der Waals surface area contributed by atoms with Crippen LogP contribution in [-0.2, 0) is 0 Å². The molecule has 0 spiro atoms. The predicted molar refractivity (Wildman–Crippen MR) is 53.5 cm³/mol. The van der Waals surface area contributed by atoms with Crippen molar-refractivity contribution in [3.05, 3.63) is 0 Å². The number of nitrogens with zero attached hydrogens (tertiary/aromatic N) is 1. The fourth-order valence-electron chi connectivity index (χ4n) is 1.06. The van der Waals surface area contributed by atoms with E-state index in [1.54, 1.807) is 0 Å². The Hall–Kier alpha value is -1.21. The van der Waals surface area contributed by atoms with Crippen LogP contribution in [0, 0.1) is 12.3 Å². The van der Waals surface area contributed by atoms with Crippen molar-refractivity contribution in [1.82, 2.24) is 5.32 Å². The number of oxime groups is 1. The van der Waals surface area contributed by atoms with E-state index in [2.05, 4.69) is 16.4 Å². The van der Waals surface area contributed by atoms with E-state index in [-0.39, 0.29) is 17.4 Å². The van der Waals surface area contributed by atoms with Gasteiger partial charge in [0.05, 0.1) is 5.54 Å². The van der Waals surface area contributed by atoms with Crippen LogP contribution in [0.15, 0.2) is 5.16 Å². The van der Waals surface area contributed by atoms with Crippen molar-refractivity contribution in [2.75, 3.05) is 0 Å². The zero-order valence-electron chi connectivity index (χ0n) is 8.33. The average molecular weight is 183 g/mol. The molecule has 0 aliphatic rings. The van der Waals surface area contributed by atoms with Gasteiger partial charge in [-0.3, -0.25) is 5.32 Å². The summed E-state index contributed by atoms with van der Waals surface area (Å²) >= 11 is 0. The van der Waals surface area contributed by atoms with E-state index >= 15 is 0 Å². The molecular weight excluding hydrogens is 166 g/mol. The van der Waals surface area contributed by atoms with Gasteiger partial charge in [0.2, 0.25) is 0 Å². The van der Waals surface area contributed by atoms with E-state index in [4.69, 9.17) is 17.4 Å². The van der Waals surface area contributed by atoms with Crippen molar-refractivity contribution < 1.29 is 5.21 Å². The Bertz CT molecular complexity index is 228. The minimum atomic E-state index is -0.366. The SMILES string of the molecule is C#CC(C)(C)NC(C)CC(N)=NO. The van der Waals surface area contributed by atoms with Gasteiger partial charge in [-0.2, -0.15) is 0 Å². The third-order valence-electron chi connectivity index (χ3n) is 1.61. The third-order valence-corrected chi connectivity index (χ3v) is 1.61. The Morgan fingerprint density at radius 3 is 2.69 bits per heavy atom. The number of hydrogen-bond donors (Lipinski definition) is 3. The monoisotopic (exact) mass is 183 g/mol. The number of amidine groups is 1. The lowest BCUT2D eigenvalue weighted by molar-refractivity contribution is 0.315. The largest absolute Gasteiger partial charge is 0.409 e. The van der Waals surface area contributed by atoms with E-state index in [1.165, 1.54) is 0 Å². The van der Waals surface area contributed by atoms with Crippen molar-refractivity contribution in [3.63, 3.8) is 0 Å². The van der Waals surface area contributed by atoms with Crippen LogP contribution in [0.2, 0.25) is 0 Å². The number of terminal acetylenes is 1. The van der Waals surface area contributed by atoms with Crippen LogP contribution in [0.5, 0.6) is 0 Å². The van der Waals surface area contributed by atoms with Gasteiger partial charge in [-0.25, -0.2) is 0 Å². The maximum atomic E-state index is 8.33. The van der Waals surface area contributed by atoms with Crippen LogP contribution in [0.4, 0.5) is 0 Å². The second-order valence-corrected chi connectivity index (χ2v) is 3.61. The highest BCUT2D eigenvalue weighted by Gasteiger charge is 2.17. The fraction of sp³-hybridized carbons (Fsp3) is 0.667. The summed E-state index contributed by atoms with van der Waals surface area (Å²) < 4.78 is 0. The van der Waals surface area contributed by atoms with Crippen LogP contribution < -0.4 is 11.1 Å². The van der Waals surface area contributed by atoms with Crippen molar-refractivity contribution in [1.29, 1.82) is 0 Å². The van der Waals surface area contributed by atoms with Crippen molar-refractivity contribution in [3.8, 4) is 12.3 Å². The maximum absolute atomic E-state index is 8.33. The van der Waals surface area contributed by atoms with Gasteiger partial charge in [0.1, 0.15) is 5.84 Å². The summed E-state index contributed by atoms with van der Waals surface area (Å²) in [5.41, 5.74) is 4.98. The average Bonchev–Trinajstić information content (AvgIpc) is 2.03. The first-order valence-electron chi connectivity index (χ1n) is 4.13. The molecule has 0 amide bonds. The molecule has 0 fully saturated rings. The molecule has 0 bridgehead atoms. The zero-order valence-corrected chi connectivity index (χ0v) is 8.33. The molecule has 1 atom stereocenters. The molecule has 74 valence electrons. The number of rotatable bonds is 4. The summed E-state index contributed by atoms with van der Waals surface area (Å²) in [6, 6.07) is 0.0851. The van der Waals surface area contributed by atoms with Crippen LogP contribution in [0.3, 0.4) is 0 Å². The lowest BCUT2D eigenvalue weighted by Gasteiger charge is -2.24. The highest BCUT2D eigenvalue weighted by atomic mass is 16.4. The molecule has 0 aromatic rings. The minimum absolute atomic E-state index is 0.0851. The second kappa shape index (κ2) is 4.73. The Morgan fingerprint density at radius 1 is 1.77 bits per heavy atom. The molecule has 0 saturated carbocycles. The number of hydrogen-bond acceptors (Lipinski definition) is 3. The van der Waals surface area contributed by atoms with E-state index in [9.17, 15) is 0 Å². The van der Waals surface area contributed by atoms with Crippen LogP contribution in [0.1, 0.15) is 27.2 Å². The highest BCUT2D eigenvalue weighted by molar-refractivity contribution is 5.80. The lowest BCUT2D eigenvalue weighted by atomic mass is 10.0. The van der Waals surface area contributed by atoms with Gasteiger partial charge < -0.3 is 10.9 Å². The molecule has 1 unspecified atom stereocenters. The van der Waals surface area contributed by atoms with E-state index < -0.39 is 0 Å². The Labute approximate surface area is 79.2 Å². The van der Waals surface area contributed by atoms with Crippen LogP contribution in [-0.4, -0.2) is 22.6 Å². The molecular formula is C9H17N3O. The molecule has 0 heterocycles. The topological polar surface area (TPSA) is 70.6 Å². The maximum Gasteiger partial charge on any atom is 0.140 e. The van der Waals surface area contributed by atoms with E-state index in [0.29, 0.717) is 6.42 Å². The molecule has 0 aliphatic carbocycles. The summed E-state index contributed by atoms with van der Waals surface area (Å²) in [6.07, 6.45) is 5.77.